The molecule has 0 aliphatic carbocycles. The number of hydrogen-bond donors (Lipinski definition) is 1. The number of likely N-dealkylation sites (tertiary alicyclic amines) is 1. The van der Waals surface area contributed by atoms with Crippen molar-refractivity contribution in [2.24, 2.45) is 0 Å². The summed E-state index contributed by atoms with van der Waals surface area (Å²) in [5.41, 5.74) is 1.08. The lowest BCUT2D eigenvalue weighted by Gasteiger charge is -2.35. The molecule has 2 rings (SSSR count). The fourth-order valence-corrected chi connectivity index (χ4v) is 2.68. The molecule has 1 aromatic rings. The summed E-state index contributed by atoms with van der Waals surface area (Å²) in [6, 6.07) is 4.44. The molecular weight excluding hydrogens is 236 g/mol. The molecule has 3 nitrogen and oxygen atoms in total. The molecule has 17 heavy (non-hydrogen) atoms. The molecule has 1 saturated heterocycles. The minimum Gasteiger partial charge on any atom is -0.396 e. The average molecular weight is 255 g/mol. The van der Waals surface area contributed by atoms with Gasteiger partial charge in [-0.25, -0.2) is 4.98 Å². The Morgan fingerprint density at radius 1 is 1.47 bits per heavy atom. The van der Waals surface area contributed by atoms with Crippen LogP contribution < -0.4 is 0 Å². The van der Waals surface area contributed by atoms with E-state index in [0.717, 1.165) is 25.1 Å². The molecule has 1 N–H and O–H groups in total. The summed E-state index contributed by atoms with van der Waals surface area (Å²) in [7, 11) is 0. The molecule has 0 spiro atoms. The lowest BCUT2D eigenvalue weighted by Crippen LogP contribution is -2.39. The van der Waals surface area contributed by atoms with Crippen LogP contribution in [-0.4, -0.2) is 34.2 Å². The van der Waals surface area contributed by atoms with Crippen LogP contribution in [-0.2, 0) is 6.54 Å². The quantitative estimate of drug-likeness (QED) is 0.839. The first-order valence-electron chi connectivity index (χ1n) is 6.25. The highest BCUT2D eigenvalue weighted by Crippen LogP contribution is 2.23. The van der Waals surface area contributed by atoms with Crippen LogP contribution in [0.15, 0.2) is 18.3 Å². The Kier molecular flexibility index (Phi) is 4.77. The van der Waals surface area contributed by atoms with Crippen molar-refractivity contribution in [3.63, 3.8) is 0 Å². The molecule has 0 amide bonds. The maximum Gasteiger partial charge on any atom is 0.133 e. The van der Waals surface area contributed by atoms with Gasteiger partial charge in [0.25, 0.3) is 0 Å². The SMILES string of the molecule is OCCC1CCCCN1Cc1cccnc1Cl. The first kappa shape index (κ1) is 12.8. The molecule has 1 aliphatic rings. The molecule has 2 heterocycles. The summed E-state index contributed by atoms with van der Waals surface area (Å²) in [4.78, 5) is 6.52. The normalized spacial score (nSPS) is 21.6. The van der Waals surface area contributed by atoms with Crippen molar-refractivity contribution >= 4 is 11.6 Å². The van der Waals surface area contributed by atoms with Gasteiger partial charge in [0.05, 0.1) is 0 Å². The third-order valence-corrected chi connectivity index (χ3v) is 3.76. The number of aliphatic hydroxyl groups excluding tert-OH is 1. The Hall–Kier alpha value is -0.640. The number of hydrogen-bond acceptors (Lipinski definition) is 3. The van der Waals surface area contributed by atoms with E-state index in [0.29, 0.717) is 11.2 Å². The molecule has 0 saturated carbocycles. The maximum absolute atomic E-state index is 9.09. The number of aromatic nitrogens is 1. The standard InChI is InChI=1S/C13H19ClN2O/c14-13-11(4-3-7-15-13)10-16-8-2-1-5-12(16)6-9-17/h3-4,7,12,17H,1-2,5-6,8-10H2. The van der Waals surface area contributed by atoms with E-state index in [-0.39, 0.29) is 6.61 Å². The van der Waals surface area contributed by atoms with Crippen molar-refractivity contribution in [3.05, 3.63) is 29.0 Å². The molecule has 1 unspecified atom stereocenters. The monoisotopic (exact) mass is 254 g/mol. The van der Waals surface area contributed by atoms with Gasteiger partial charge in [0, 0.05) is 31.0 Å². The highest BCUT2D eigenvalue weighted by molar-refractivity contribution is 6.30. The van der Waals surface area contributed by atoms with Crippen molar-refractivity contribution in [2.45, 2.75) is 38.3 Å². The van der Waals surface area contributed by atoms with Crippen LogP contribution in [0, 0.1) is 0 Å². The average Bonchev–Trinajstić information content (AvgIpc) is 2.35. The number of aliphatic hydroxyl groups is 1. The number of pyridine rings is 1. The second-order valence-corrected chi connectivity index (χ2v) is 4.94. The molecule has 0 aromatic carbocycles. The number of piperidine rings is 1. The fourth-order valence-electron chi connectivity index (χ4n) is 2.50. The van der Waals surface area contributed by atoms with E-state index in [1.807, 2.05) is 12.1 Å². The predicted octanol–water partition coefficient (Wildman–Crippen LogP) is 2.47. The van der Waals surface area contributed by atoms with E-state index in [2.05, 4.69) is 9.88 Å². The Morgan fingerprint density at radius 2 is 2.35 bits per heavy atom. The highest BCUT2D eigenvalue weighted by Gasteiger charge is 2.22. The van der Waals surface area contributed by atoms with Gasteiger partial charge in [0.15, 0.2) is 0 Å². The molecule has 1 atom stereocenters. The van der Waals surface area contributed by atoms with E-state index in [1.54, 1.807) is 6.20 Å². The zero-order chi connectivity index (χ0) is 12.1. The lowest BCUT2D eigenvalue weighted by molar-refractivity contribution is 0.112. The minimum absolute atomic E-state index is 0.266. The predicted molar refractivity (Wildman–Crippen MR) is 69.0 cm³/mol. The van der Waals surface area contributed by atoms with Crippen LogP contribution in [0.3, 0.4) is 0 Å². The Bertz CT molecular complexity index is 357. The van der Waals surface area contributed by atoms with Gasteiger partial charge >= 0.3 is 0 Å². The molecular formula is C13H19ClN2O. The van der Waals surface area contributed by atoms with Crippen molar-refractivity contribution < 1.29 is 5.11 Å². The molecule has 1 fully saturated rings. The summed E-state index contributed by atoms with van der Waals surface area (Å²) in [6.45, 7) is 2.20. The first-order chi connectivity index (χ1) is 8.31. The number of nitrogens with zero attached hydrogens (tertiary/aromatic N) is 2. The van der Waals surface area contributed by atoms with Crippen LogP contribution >= 0.6 is 11.6 Å². The third-order valence-electron chi connectivity index (χ3n) is 3.42. The van der Waals surface area contributed by atoms with Gasteiger partial charge in [-0.2, -0.15) is 0 Å². The molecule has 1 aromatic heterocycles. The van der Waals surface area contributed by atoms with Gasteiger partial charge in [0.1, 0.15) is 5.15 Å². The van der Waals surface area contributed by atoms with Crippen molar-refractivity contribution in [2.75, 3.05) is 13.2 Å². The van der Waals surface area contributed by atoms with Crippen LogP contribution in [0.25, 0.3) is 0 Å². The van der Waals surface area contributed by atoms with Crippen LogP contribution in [0.5, 0.6) is 0 Å². The fraction of sp³-hybridized carbons (Fsp3) is 0.615. The summed E-state index contributed by atoms with van der Waals surface area (Å²) in [6.07, 6.45) is 6.26. The van der Waals surface area contributed by atoms with Gasteiger partial charge in [0.2, 0.25) is 0 Å². The highest BCUT2D eigenvalue weighted by atomic mass is 35.5. The van der Waals surface area contributed by atoms with Crippen LogP contribution in [0.1, 0.15) is 31.2 Å². The lowest BCUT2D eigenvalue weighted by atomic mass is 9.99. The van der Waals surface area contributed by atoms with Crippen molar-refractivity contribution in [3.8, 4) is 0 Å². The zero-order valence-electron chi connectivity index (χ0n) is 9.98. The van der Waals surface area contributed by atoms with E-state index >= 15 is 0 Å². The molecule has 94 valence electrons. The van der Waals surface area contributed by atoms with E-state index < -0.39 is 0 Å². The second kappa shape index (κ2) is 6.34. The smallest absolute Gasteiger partial charge is 0.133 e. The molecule has 4 heteroatoms. The summed E-state index contributed by atoms with van der Waals surface area (Å²) < 4.78 is 0. The minimum atomic E-state index is 0.266. The Labute approximate surface area is 107 Å². The molecule has 1 aliphatic heterocycles. The summed E-state index contributed by atoms with van der Waals surface area (Å²) in [5.74, 6) is 0. The van der Waals surface area contributed by atoms with Crippen molar-refractivity contribution in [1.29, 1.82) is 0 Å². The van der Waals surface area contributed by atoms with E-state index in [9.17, 15) is 0 Å². The van der Waals surface area contributed by atoms with Gasteiger partial charge in [-0.1, -0.05) is 24.1 Å². The van der Waals surface area contributed by atoms with Crippen molar-refractivity contribution in [1.82, 2.24) is 9.88 Å². The van der Waals surface area contributed by atoms with Crippen LogP contribution in [0.2, 0.25) is 5.15 Å². The number of rotatable bonds is 4. The van der Waals surface area contributed by atoms with Gasteiger partial charge in [-0.15, -0.1) is 0 Å². The van der Waals surface area contributed by atoms with E-state index in [1.165, 1.54) is 19.3 Å². The summed E-state index contributed by atoms with van der Waals surface area (Å²) >= 11 is 6.08. The van der Waals surface area contributed by atoms with E-state index in [4.69, 9.17) is 16.7 Å². The number of halogens is 1. The molecule has 0 bridgehead atoms. The summed E-state index contributed by atoms with van der Waals surface area (Å²) in [5, 5.41) is 9.69. The van der Waals surface area contributed by atoms with Crippen LogP contribution in [0.4, 0.5) is 0 Å². The topological polar surface area (TPSA) is 36.4 Å². The Morgan fingerprint density at radius 3 is 3.12 bits per heavy atom. The van der Waals surface area contributed by atoms with Gasteiger partial charge in [-0.3, -0.25) is 4.90 Å². The molecule has 0 radical (unpaired) electrons. The zero-order valence-corrected chi connectivity index (χ0v) is 10.7. The largest absolute Gasteiger partial charge is 0.396 e. The Balaban J connectivity index is 2.03. The second-order valence-electron chi connectivity index (χ2n) is 4.59. The maximum atomic E-state index is 9.09. The first-order valence-corrected chi connectivity index (χ1v) is 6.63. The third kappa shape index (κ3) is 3.41. The van der Waals surface area contributed by atoms with Gasteiger partial charge < -0.3 is 5.11 Å². The van der Waals surface area contributed by atoms with Gasteiger partial charge in [-0.05, 0) is 31.9 Å².